The topological polar surface area (TPSA) is 61.8 Å². The number of carbonyl (C=O) groups excluding carboxylic acids is 1. The van der Waals surface area contributed by atoms with E-state index in [1.165, 1.54) is 32.1 Å². The lowest BCUT2D eigenvalue weighted by Crippen LogP contribution is -2.56. The molecule has 2 aromatic carbocycles. The van der Waals surface area contributed by atoms with Crippen molar-refractivity contribution in [2.75, 3.05) is 20.2 Å². The Morgan fingerprint density at radius 3 is 2.33 bits per heavy atom. The standard InChI is InChI=1S/C28H36N2O3/c1-30(27-22-12-20-11-21(14-22)15-23(27)13-20)17-24(31)18-33-26-10-6-5-9-25(26)28(32)29-16-19-7-3-2-4-8-19/h2-10,20-24,27,31H,11-18H2,1H3,(H,29,32). The number of para-hydroxylation sites is 1. The molecule has 0 radical (unpaired) electrons. The summed E-state index contributed by atoms with van der Waals surface area (Å²) in [7, 11) is 2.17. The van der Waals surface area contributed by atoms with Crippen LogP contribution in [0.25, 0.3) is 0 Å². The van der Waals surface area contributed by atoms with E-state index in [-0.39, 0.29) is 12.5 Å². The monoisotopic (exact) mass is 448 g/mol. The van der Waals surface area contributed by atoms with Gasteiger partial charge in [-0.1, -0.05) is 42.5 Å². The molecule has 33 heavy (non-hydrogen) atoms. The third kappa shape index (κ3) is 5.10. The summed E-state index contributed by atoms with van der Waals surface area (Å²) in [5.41, 5.74) is 1.54. The second-order valence-corrected chi connectivity index (χ2v) is 10.5. The van der Waals surface area contributed by atoms with Crippen molar-refractivity contribution in [2.45, 2.75) is 50.8 Å². The SMILES string of the molecule is CN(CC(O)COc1ccccc1C(=O)NCc1ccccc1)C1C2CC3CC(C2)CC1C3. The summed E-state index contributed by atoms with van der Waals surface area (Å²) in [4.78, 5) is 15.1. The summed E-state index contributed by atoms with van der Waals surface area (Å²) in [5, 5.41) is 13.7. The molecule has 1 atom stereocenters. The maximum atomic E-state index is 12.7. The van der Waals surface area contributed by atoms with Crippen LogP contribution in [-0.4, -0.2) is 48.3 Å². The molecule has 2 aromatic rings. The first-order valence-corrected chi connectivity index (χ1v) is 12.5. The Balaban J connectivity index is 1.14. The zero-order chi connectivity index (χ0) is 22.8. The van der Waals surface area contributed by atoms with E-state index in [0.29, 0.717) is 30.4 Å². The van der Waals surface area contributed by atoms with E-state index in [1.54, 1.807) is 12.1 Å². The molecule has 0 spiro atoms. The molecular formula is C28H36N2O3. The second-order valence-electron chi connectivity index (χ2n) is 10.5. The number of carbonyl (C=O) groups is 1. The molecule has 5 nitrogen and oxygen atoms in total. The van der Waals surface area contributed by atoms with E-state index < -0.39 is 6.10 Å². The highest BCUT2D eigenvalue weighted by atomic mass is 16.5. The first-order valence-electron chi connectivity index (χ1n) is 12.5. The van der Waals surface area contributed by atoms with Crippen LogP contribution in [-0.2, 0) is 6.54 Å². The maximum Gasteiger partial charge on any atom is 0.255 e. The number of aliphatic hydroxyl groups is 1. The van der Waals surface area contributed by atoms with Gasteiger partial charge in [0.05, 0.1) is 5.56 Å². The lowest BCUT2D eigenvalue weighted by atomic mass is 9.54. The molecular weight excluding hydrogens is 412 g/mol. The summed E-state index contributed by atoms with van der Waals surface area (Å²) in [6.45, 7) is 1.25. The fourth-order valence-electron chi connectivity index (χ4n) is 6.96. The van der Waals surface area contributed by atoms with Crippen molar-refractivity contribution >= 4 is 5.91 Å². The lowest BCUT2D eigenvalue weighted by molar-refractivity contribution is -0.0685. The Kier molecular flexibility index (Phi) is 6.70. The Morgan fingerprint density at radius 1 is 1.00 bits per heavy atom. The molecule has 6 rings (SSSR count). The van der Waals surface area contributed by atoms with Gasteiger partial charge < -0.3 is 20.1 Å². The molecule has 4 fully saturated rings. The van der Waals surface area contributed by atoms with E-state index in [4.69, 9.17) is 4.74 Å². The van der Waals surface area contributed by atoms with Crippen LogP contribution in [0.4, 0.5) is 0 Å². The smallest absolute Gasteiger partial charge is 0.255 e. The van der Waals surface area contributed by atoms with Gasteiger partial charge in [0.1, 0.15) is 18.5 Å². The molecule has 4 aliphatic rings. The van der Waals surface area contributed by atoms with Gasteiger partial charge in [0.15, 0.2) is 0 Å². The Bertz CT molecular complexity index is 919. The summed E-state index contributed by atoms with van der Waals surface area (Å²) in [5.74, 6) is 3.85. The van der Waals surface area contributed by atoms with Gasteiger partial charge in [0, 0.05) is 19.1 Å². The minimum absolute atomic E-state index is 0.172. The van der Waals surface area contributed by atoms with Crippen molar-refractivity contribution in [1.82, 2.24) is 10.2 Å². The molecule has 5 heteroatoms. The number of hydrogen-bond donors (Lipinski definition) is 2. The molecule has 176 valence electrons. The predicted octanol–water partition coefficient (Wildman–Crippen LogP) is 4.11. The van der Waals surface area contributed by atoms with Crippen molar-refractivity contribution in [2.24, 2.45) is 23.7 Å². The van der Waals surface area contributed by atoms with E-state index >= 15 is 0 Å². The molecule has 0 aliphatic heterocycles. The van der Waals surface area contributed by atoms with Crippen LogP contribution in [0, 0.1) is 23.7 Å². The Hall–Kier alpha value is -2.37. The van der Waals surface area contributed by atoms with Crippen LogP contribution in [0.2, 0.25) is 0 Å². The van der Waals surface area contributed by atoms with Gasteiger partial charge in [0.25, 0.3) is 5.91 Å². The average molecular weight is 449 g/mol. The number of ether oxygens (including phenoxy) is 1. The normalized spacial score (nSPS) is 28.6. The number of amides is 1. The van der Waals surface area contributed by atoms with Gasteiger partial charge in [-0.3, -0.25) is 4.79 Å². The minimum Gasteiger partial charge on any atom is -0.490 e. The van der Waals surface area contributed by atoms with Crippen molar-refractivity contribution in [3.8, 4) is 5.75 Å². The maximum absolute atomic E-state index is 12.7. The highest BCUT2D eigenvalue weighted by Gasteiger charge is 2.49. The number of nitrogens with zero attached hydrogens (tertiary/aromatic N) is 1. The quantitative estimate of drug-likeness (QED) is 0.606. The van der Waals surface area contributed by atoms with Crippen molar-refractivity contribution in [3.63, 3.8) is 0 Å². The number of aliphatic hydroxyl groups excluding tert-OH is 1. The fourth-order valence-corrected chi connectivity index (χ4v) is 6.96. The first kappa shape index (κ1) is 22.4. The van der Waals surface area contributed by atoms with Crippen molar-refractivity contribution in [1.29, 1.82) is 0 Å². The Morgan fingerprint density at radius 2 is 1.64 bits per heavy atom. The number of benzene rings is 2. The first-order chi connectivity index (χ1) is 16.1. The molecule has 4 saturated carbocycles. The third-order valence-electron chi connectivity index (χ3n) is 8.04. The zero-order valence-electron chi connectivity index (χ0n) is 19.5. The van der Waals surface area contributed by atoms with E-state index in [9.17, 15) is 9.90 Å². The highest BCUT2D eigenvalue weighted by molar-refractivity contribution is 5.96. The molecule has 0 aromatic heterocycles. The minimum atomic E-state index is -0.590. The van der Waals surface area contributed by atoms with Crippen LogP contribution in [0.3, 0.4) is 0 Å². The number of rotatable bonds is 9. The van der Waals surface area contributed by atoms with Crippen LogP contribution in [0.5, 0.6) is 5.75 Å². The Labute approximate surface area is 197 Å². The van der Waals surface area contributed by atoms with Crippen LogP contribution < -0.4 is 10.1 Å². The van der Waals surface area contributed by atoms with Gasteiger partial charge in [-0.2, -0.15) is 0 Å². The van der Waals surface area contributed by atoms with Crippen LogP contribution in [0.1, 0.15) is 48.0 Å². The van der Waals surface area contributed by atoms with Crippen molar-refractivity contribution in [3.05, 3.63) is 65.7 Å². The molecule has 0 heterocycles. The van der Waals surface area contributed by atoms with Gasteiger partial charge in [-0.05, 0) is 80.5 Å². The van der Waals surface area contributed by atoms with Gasteiger partial charge >= 0.3 is 0 Å². The summed E-state index contributed by atoms with van der Waals surface area (Å²) in [6, 6.07) is 17.7. The van der Waals surface area contributed by atoms with Crippen LogP contribution >= 0.6 is 0 Å². The lowest BCUT2D eigenvalue weighted by Gasteiger charge is -2.57. The number of likely N-dealkylation sites (N-methyl/N-ethyl adjacent to an activating group) is 1. The van der Waals surface area contributed by atoms with E-state index in [0.717, 1.165) is 29.2 Å². The largest absolute Gasteiger partial charge is 0.490 e. The summed E-state index contributed by atoms with van der Waals surface area (Å²) < 4.78 is 5.94. The molecule has 2 N–H and O–H groups in total. The summed E-state index contributed by atoms with van der Waals surface area (Å²) in [6.07, 6.45) is 6.37. The number of hydrogen-bond acceptors (Lipinski definition) is 4. The van der Waals surface area contributed by atoms with Gasteiger partial charge in [-0.25, -0.2) is 0 Å². The van der Waals surface area contributed by atoms with Gasteiger partial charge in [-0.15, -0.1) is 0 Å². The number of nitrogens with one attached hydrogen (secondary N) is 1. The van der Waals surface area contributed by atoms with E-state index in [2.05, 4.69) is 17.3 Å². The molecule has 1 amide bonds. The van der Waals surface area contributed by atoms with Crippen molar-refractivity contribution < 1.29 is 14.6 Å². The molecule has 0 saturated heterocycles. The molecule has 1 unspecified atom stereocenters. The highest BCUT2D eigenvalue weighted by Crippen LogP contribution is 2.54. The second kappa shape index (κ2) is 9.86. The average Bonchev–Trinajstić information content (AvgIpc) is 2.81. The van der Waals surface area contributed by atoms with E-state index in [1.807, 2.05) is 42.5 Å². The zero-order valence-corrected chi connectivity index (χ0v) is 19.5. The van der Waals surface area contributed by atoms with Gasteiger partial charge in [0.2, 0.25) is 0 Å². The summed E-state index contributed by atoms with van der Waals surface area (Å²) >= 11 is 0. The molecule has 4 bridgehead atoms. The van der Waals surface area contributed by atoms with Crippen LogP contribution in [0.15, 0.2) is 54.6 Å². The predicted molar refractivity (Wildman–Crippen MR) is 129 cm³/mol. The fraction of sp³-hybridized carbons (Fsp3) is 0.536. The molecule has 4 aliphatic carbocycles. The third-order valence-corrected chi connectivity index (χ3v) is 8.04.